The Balaban J connectivity index is 0.00000132. The Kier molecular flexibility index (Phi) is 8.41. The molecule has 1 aromatic carbocycles. The number of carbonyl (C=O) groups is 1. The molecule has 1 aromatic heterocycles. The predicted octanol–water partition coefficient (Wildman–Crippen LogP) is 1.98. The Labute approximate surface area is 148 Å². The van der Waals surface area contributed by atoms with Crippen LogP contribution in [0, 0.1) is 0 Å². The van der Waals surface area contributed by atoms with Crippen molar-refractivity contribution in [2.75, 3.05) is 26.3 Å². The third-order valence-electron chi connectivity index (χ3n) is 3.79. The number of halogens is 2. The Hall–Kier alpha value is -1.27. The van der Waals surface area contributed by atoms with Crippen molar-refractivity contribution in [3.63, 3.8) is 0 Å². The molecule has 23 heavy (non-hydrogen) atoms. The van der Waals surface area contributed by atoms with Crippen molar-refractivity contribution in [2.24, 2.45) is 0 Å². The molecule has 0 bridgehead atoms. The lowest BCUT2D eigenvalue weighted by molar-refractivity contribution is -0.125. The highest BCUT2D eigenvalue weighted by molar-refractivity contribution is 5.85. The standard InChI is InChI=1S/C16H21N3O2.2ClH/c20-16(14-12-21-11-8-17-14)18-7-3-9-19-10-6-13-4-1-2-5-15(13)19;;/h1-2,4-6,10,14,17H,3,7-9,11-12H2,(H,18,20);2*1H. The van der Waals surface area contributed by atoms with E-state index < -0.39 is 0 Å². The van der Waals surface area contributed by atoms with Crippen LogP contribution in [0.1, 0.15) is 6.42 Å². The quantitative estimate of drug-likeness (QED) is 0.802. The molecule has 1 saturated heterocycles. The van der Waals surface area contributed by atoms with E-state index in [4.69, 9.17) is 4.74 Å². The molecular weight excluding hydrogens is 337 g/mol. The van der Waals surface area contributed by atoms with E-state index in [0.29, 0.717) is 19.8 Å². The van der Waals surface area contributed by atoms with Gasteiger partial charge >= 0.3 is 0 Å². The molecule has 0 spiro atoms. The van der Waals surface area contributed by atoms with Gasteiger partial charge in [0.15, 0.2) is 0 Å². The fourth-order valence-electron chi connectivity index (χ4n) is 2.65. The van der Waals surface area contributed by atoms with Crippen molar-refractivity contribution in [3.8, 4) is 0 Å². The van der Waals surface area contributed by atoms with Crippen molar-refractivity contribution < 1.29 is 9.53 Å². The van der Waals surface area contributed by atoms with Gasteiger partial charge in [0, 0.05) is 31.3 Å². The zero-order valence-corrected chi connectivity index (χ0v) is 14.5. The second-order valence-corrected chi connectivity index (χ2v) is 5.29. The number of para-hydroxylation sites is 1. The van der Waals surface area contributed by atoms with Crippen LogP contribution in [0.15, 0.2) is 36.5 Å². The maximum atomic E-state index is 11.9. The first-order chi connectivity index (χ1) is 10.3. The van der Waals surface area contributed by atoms with E-state index in [1.165, 1.54) is 10.9 Å². The molecule has 3 rings (SSSR count). The number of rotatable bonds is 5. The molecular formula is C16H23Cl2N3O2. The molecule has 1 aliphatic rings. The minimum absolute atomic E-state index is 0. The number of nitrogens with one attached hydrogen (secondary N) is 2. The second kappa shape index (κ2) is 9.78. The van der Waals surface area contributed by atoms with Gasteiger partial charge in [0.1, 0.15) is 6.04 Å². The summed E-state index contributed by atoms with van der Waals surface area (Å²) < 4.78 is 7.51. The summed E-state index contributed by atoms with van der Waals surface area (Å²) >= 11 is 0. The number of fused-ring (bicyclic) bond motifs is 1. The van der Waals surface area contributed by atoms with Gasteiger partial charge in [0.05, 0.1) is 13.2 Å². The number of aromatic nitrogens is 1. The zero-order valence-electron chi connectivity index (χ0n) is 12.9. The molecule has 0 saturated carbocycles. The van der Waals surface area contributed by atoms with Crippen LogP contribution in [0.3, 0.4) is 0 Å². The van der Waals surface area contributed by atoms with Gasteiger partial charge in [-0.15, -0.1) is 24.8 Å². The van der Waals surface area contributed by atoms with Crippen molar-refractivity contribution in [3.05, 3.63) is 36.5 Å². The summed E-state index contributed by atoms with van der Waals surface area (Å²) in [6.07, 6.45) is 3.01. The average Bonchev–Trinajstić information content (AvgIpc) is 2.95. The van der Waals surface area contributed by atoms with Gasteiger partial charge in [-0.2, -0.15) is 0 Å². The van der Waals surface area contributed by atoms with Crippen LogP contribution in [0.4, 0.5) is 0 Å². The van der Waals surface area contributed by atoms with Gasteiger partial charge < -0.3 is 19.9 Å². The van der Waals surface area contributed by atoms with E-state index in [2.05, 4.69) is 45.7 Å². The van der Waals surface area contributed by atoms with E-state index >= 15 is 0 Å². The van der Waals surface area contributed by atoms with Crippen molar-refractivity contribution >= 4 is 41.6 Å². The Bertz CT molecular complexity index is 612. The SMILES string of the molecule is Cl.Cl.O=C(NCCCn1ccc2ccccc21)C1COCCN1. The molecule has 7 heteroatoms. The molecule has 1 unspecified atom stereocenters. The van der Waals surface area contributed by atoms with Crippen LogP contribution in [0.5, 0.6) is 0 Å². The van der Waals surface area contributed by atoms with Gasteiger partial charge in [-0.25, -0.2) is 0 Å². The molecule has 0 aliphatic carbocycles. The van der Waals surface area contributed by atoms with Gasteiger partial charge in [-0.3, -0.25) is 4.79 Å². The van der Waals surface area contributed by atoms with Crippen LogP contribution >= 0.6 is 24.8 Å². The molecule has 0 radical (unpaired) electrons. The van der Waals surface area contributed by atoms with E-state index in [1.807, 2.05) is 6.07 Å². The van der Waals surface area contributed by atoms with Crippen molar-refractivity contribution in [1.82, 2.24) is 15.2 Å². The number of amides is 1. The highest BCUT2D eigenvalue weighted by Gasteiger charge is 2.20. The molecule has 5 nitrogen and oxygen atoms in total. The number of carbonyl (C=O) groups excluding carboxylic acids is 1. The third kappa shape index (κ3) is 5.11. The zero-order chi connectivity index (χ0) is 14.5. The minimum Gasteiger partial charge on any atom is -0.378 e. The van der Waals surface area contributed by atoms with E-state index in [9.17, 15) is 4.79 Å². The largest absolute Gasteiger partial charge is 0.378 e. The maximum Gasteiger partial charge on any atom is 0.239 e. The van der Waals surface area contributed by atoms with Crippen LogP contribution in [0.2, 0.25) is 0 Å². The van der Waals surface area contributed by atoms with Crippen LogP contribution in [-0.4, -0.2) is 42.8 Å². The van der Waals surface area contributed by atoms with Gasteiger partial charge in [-0.1, -0.05) is 18.2 Å². The second-order valence-electron chi connectivity index (χ2n) is 5.29. The fourth-order valence-corrected chi connectivity index (χ4v) is 2.65. The molecule has 1 amide bonds. The summed E-state index contributed by atoms with van der Waals surface area (Å²) in [5.74, 6) is 0.0343. The van der Waals surface area contributed by atoms with Crippen molar-refractivity contribution in [1.29, 1.82) is 0 Å². The fraction of sp³-hybridized carbons (Fsp3) is 0.438. The lowest BCUT2D eigenvalue weighted by Crippen LogP contribution is -2.51. The first-order valence-electron chi connectivity index (χ1n) is 7.47. The molecule has 2 N–H and O–H groups in total. The number of morpholine rings is 1. The van der Waals surface area contributed by atoms with Crippen LogP contribution in [-0.2, 0) is 16.1 Å². The Morgan fingerprint density at radius 2 is 2.13 bits per heavy atom. The Morgan fingerprint density at radius 1 is 1.30 bits per heavy atom. The summed E-state index contributed by atoms with van der Waals surface area (Å²) in [4.78, 5) is 11.9. The summed E-state index contributed by atoms with van der Waals surface area (Å²) in [7, 11) is 0. The van der Waals surface area contributed by atoms with E-state index in [-0.39, 0.29) is 36.8 Å². The summed E-state index contributed by atoms with van der Waals surface area (Å²) in [5.41, 5.74) is 1.24. The lowest BCUT2D eigenvalue weighted by atomic mass is 10.2. The molecule has 1 aliphatic heterocycles. The number of ether oxygens (including phenoxy) is 1. The minimum atomic E-state index is -0.203. The van der Waals surface area contributed by atoms with Crippen LogP contribution < -0.4 is 10.6 Å². The predicted molar refractivity (Wildman–Crippen MR) is 96.7 cm³/mol. The number of aryl methyl sites for hydroxylation is 1. The van der Waals surface area contributed by atoms with Crippen molar-refractivity contribution in [2.45, 2.75) is 19.0 Å². The van der Waals surface area contributed by atoms with E-state index in [1.54, 1.807) is 0 Å². The average molecular weight is 360 g/mol. The molecule has 2 heterocycles. The highest BCUT2D eigenvalue weighted by Crippen LogP contribution is 2.15. The lowest BCUT2D eigenvalue weighted by Gasteiger charge is -2.22. The molecule has 1 atom stereocenters. The monoisotopic (exact) mass is 359 g/mol. The molecule has 2 aromatic rings. The summed E-state index contributed by atoms with van der Waals surface area (Å²) in [5, 5.41) is 7.38. The third-order valence-corrected chi connectivity index (χ3v) is 3.79. The summed E-state index contributed by atoms with van der Waals surface area (Å²) in [6, 6.07) is 10.3. The Morgan fingerprint density at radius 3 is 2.91 bits per heavy atom. The number of hydrogen-bond acceptors (Lipinski definition) is 3. The first-order valence-corrected chi connectivity index (χ1v) is 7.47. The van der Waals surface area contributed by atoms with Gasteiger partial charge in [-0.05, 0) is 23.9 Å². The molecule has 128 valence electrons. The first kappa shape index (κ1) is 19.8. The number of benzene rings is 1. The highest BCUT2D eigenvalue weighted by atomic mass is 35.5. The molecule has 1 fully saturated rings. The number of nitrogens with zero attached hydrogens (tertiary/aromatic N) is 1. The maximum absolute atomic E-state index is 11.9. The van der Waals surface area contributed by atoms with Gasteiger partial charge in [0.25, 0.3) is 0 Å². The van der Waals surface area contributed by atoms with Crippen LogP contribution in [0.25, 0.3) is 10.9 Å². The van der Waals surface area contributed by atoms with Gasteiger partial charge in [0.2, 0.25) is 5.91 Å². The summed E-state index contributed by atoms with van der Waals surface area (Å²) in [6.45, 7) is 3.48. The van der Waals surface area contributed by atoms with E-state index in [0.717, 1.165) is 19.5 Å². The topological polar surface area (TPSA) is 55.3 Å². The smallest absolute Gasteiger partial charge is 0.239 e. The number of hydrogen-bond donors (Lipinski definition) is 2. The normalized spacial score (nSPS) is 17.1.